The number of pyridine rings is 1. The van der Waals surface area contributed by atoms with Crippen molar-refractivity contribution in [3.05, 3.63) is 59.9 Å². The third-order valence-electron chi connectivity index (χ3n) is 2.91. The Kier molecular flexibility index (Phi) is 5.04. The number of anilines is 1. The number of nitrogens with one attached hydrogen (secondary N) is 1. The third-order valence-corrected chi connectivity index (χ3v) is 2.91. The number of hydrogen-bond donors (Lipinski definition) is 2. The molecule has 21 heavy (non-hydrogen) atoms. The minimum Gasteiger partial charge on any atom is -0.481 e. The van der Waals surface area contributed by atoms with Crippen LogP contribution in [0.15, 0.2) is 48.7 Å². The molecular formula is C16H16N2O3. The van der Waals surface area contributed by atoms with Crippen LogP contribution in [0, 0.1) is 0 Å². The number of carboxylic acid groups (broad SMARTS) is 1. The lowest BCUT2D eigenvalue weighted by molar-refractivity contribution is -0.137. The highest BCUT2D eigenvalue weighted by atomic mass is 16.4. The van der Waals surface area contributed by atoms with Crippen molar-refractivity contribution in [2.24, 2.45) is 0 Å². The Morgan fingerprint density at radius 1 is 1.14 bits per heavy atom. The maximum atomic E-state index is 11.9. The molecule has 0 unspecified atom stereocenters. The summed E-state index contributed by atoms with van der Waals surface area (Å²) in [4.78, 5) is 26.6. The Hall–Kier alpha value is -2.69. The standard InChI is InChI=1S/C16H16N2O3/c19-15(11-13-5-1-2-9-17-13)18-14-6-3-4-12(10-14)7-8-16(20)21/h1-6,9-10H,7-8,11H2,(H,18,19)(H,20,21). The van der Waals surface area contributed by atoms with Crippen LogP contribution in [0.5, 0.6) is 0 Å². The van der Waals surface area contributed by atoms with Gasteiger partial charge in [-0.2, -0.15) is 0 Å². The molecule has 0 radical (unpaired) electrons. The lowest BCUT2D eigenvalue weighted by Crippen LogP contribution is -2.15. The smallest absolute Gasteiger partial charge is 0.303 e. The first-order chi connectivity index (χ1) is 10.1. The van der Waals surface area contributed by atoms with Crippen molar-refractivity contribution in [1.29, 1.82) is 0 Å². The molecule has 108 valence electrons. The molecule has 5 nitrogen and oxygen atoms in total. The Labute approximate surface area is 122 Å². The number of aromatic nitrogens is 1. The predicted octanol–water partition coefficient (Wildman–Crippen LogP) is 2.28. The molecule has 0 saturated heterocycles. The molecule has 0 bridgehead atoms. The van der Waals surface area contributed by atoms with Crippen molar-refractivity contribution >= 4 is 17.6 Å². The van der Waals surface area contributed by atoms with E-state index in [4.69, 9.17) is 5.11 Å². The van der Waals surface area contributed by atoms with E-state index in [9.17, 15) is 9.59 Å². The SMILES string of the molecule is O=C(O)CCc1cccc(NC(=O)Cc2ccccn2)c1. The van der Waals surface area contributed by atoms with Gasteiger partial charge in [-0.25, -0.2) is 0 Å². The number of hydrogen-bond acceptors (Lipinski definition) is 3. The third kappa shape index (κ3) is 5.06. The van der Waals surface area contributed by atoms with E-state index >= 15 is 0 Å². The van der Waals surface area contributed by atoms with Crippen molar-refractivity contribution in [2.45, 2.75) is 19.3 Å². The Morgan fingerprint density at radius 3 is 2.71 bits per heavy atom. The molecule has 2 N–H and O–H groups in total. The van der Waals surface area contributed by atoms with Crippen LogP contribution in [-0.4, -0.2) is 22.0 Å². The molecule has 1 heterocycles. The number of nitrogens with zero attached hydrogens (tertiary/aromatic N) is 1. The van der Waals surface area contributed by atoms with Gasteiger partial charge in [0.05, 0.1) is 6.42 Å². The van der Waals surface area contributed by atoms with Gasteiger partial charge in [-0.3, -0.25) is 14.6 Å². The van der Waals surface area contributed by atoms with Gasteiger partial charge in [-0.1, -0.05) is 18.2 Å². The average molecular weight is 284 g/mol. The van der Waals surface area contributed by atoms with E-state index in [0.29, 0.717) is 17.8 Å². The van der Waals surface area contributed by atoms with E-state index in [2.05, 4.69) is 10.3 Å². The normalized spacial score (nSPS) is 10.1. The van der Waals surface area contributed by atoms with Gasteiger partial charge in [0.25, 0.3) is 0 Å². The number of carbonyl (C=O) groups excluding carboxylic acids is 1. The fourth-order valence-corrected chi connectivity index (χ4v) is 1.93. The summed E-state index contributed by atoms with van der Waals surface area (Å²) < 4.78 is 0. The van der Waals surface area contributed by atoms with Gasteiger partial charge in [0, 0.05) is 24.0 Å². The first-order valence-electron chi connectivity index (χ1n) is 6.64. The van der Waals surface area contributed by atoms with Crippen LogP contribution < -0.4 is 5.32 Å². The van der Waals surface area contributed by atoms with Crippen molar-refractivity contribution in [2.75, 3.05) is 5.32 Å². The van der Waals surface area contributed by atoms with Crippen LogP contribution >= 0.6 is 0 Å². The van der Waals surface area contributed by atoms with Crippen LogP contribution in [0.3, 0.4) is 0 Å². The average Bonchev–Trinajstić information content (AvgIpc) is 2.46. The molecule has 2 rings (SSSR count). The summed E-state index contributed by atoms with van der Waals surface area (Å²) in [6.07, 6.45) is 2.37. The molecule has 0 aliphatic rings. The highest BCUT2D eigenvalue weighted by Gasteiger charge is 2.06. The fourth-order valence-electron chi connectivity index (χ4n) is 1.93. The molecule has 2 aromatic rings. The van der Waals surface area contributed by atoms with Crippen LogP contribution in [-0.2, 0) is 22.4 Å². The summed E-state index contributed by atoms with van der Waals surface area (Å²) in [5, 5.41) is 11.5. The van der Waals surface area contributed by atoms with Crippen molar-refractivity contribution in [1.82, 2.24) is 4.98 Å². The molecule has 1 aromatic carbocycles. The first kappa shape index (κ1) is 14.7. The van der Waals surface area contributed by atoms with E-state index in [1.807, 2.05) is 12.1 Å². The summed E-state index contributed by atoms with van der Waals surface area (Å²) in [6.45, 7) is 0. The maximum Gasteiger partial charge on any atom is 0.303 e. The molecule has 1 aromatic heterocycles. The molecular weight excluding hydrogens is 268 g/mol. The number of carbonyl (C=O) groups is 2. The van der Waals surface area contributed by atoms with E-state index in [1.165, 1.54) is 0 Å². The zero-order valence-electron chi connectivity index (χ0n) is 11.5. The van der Waals surface area contributed by atoms with Crippen molar-refractivity contribution in [3.63, 3.8) is 0 Å². The highest BCUT2D eigenvalue weighted by molar-refractivity contribution is 5.92. The van der Waals surface area contributed by atoms with Crippen molar-refractivity contribution < 1.29 is 14.7 Å². The van der Waals surface area contributed by atoms with Gasteiger partial charge in [-0.05, 0) is 36.2 Å². The molecule has 1 amide bonds. The van der Waals surface area contributed by atoms with Crippen molar-refractivity contribution in [3.8, 4) is 0 Å². The van der Waals surface area contributed by atoms with Gasteiger partial charge >= 0.3 is 5.97 Å². The number of aliphatic carboxylic acids is 1. The summed E-state index contributed by atoms with van der Waals surface area (Å²) >= 11 is 0. The largest absolute Gasteiger partial charge is 0.481 e. The lowest BCUT2D eigenvalue weighted by atomic mass is 10.1. The summed E-state index contributed by atoms with van der Waals surface area (Å²) in [5.74, 6) is -0.983. The summed E-state index contributed by atoms with van der Waals surface area (Å²) in [7, 11) is 0. The molecule has 0 aliphatic carbocycles. The van der Waals surface area contributed by atoms with E-state index in [0.717, 1.165) is 5.56 Å². The second-order valence-corrected chi connectivity index (χ2v) is 4.64. The monoisotopic (exact) mass is 284 g/mol. The van der Waals surface area contributed by atoms with Gasteiger partial charge in [0.15, 0.2) is 0 Å². The van der Waals surface area contributed by atoms with Gasteiger partial charge in [0.2, 0.25) is 5.91 Å². The topological polar surface area (TPSA) is 79.3 Å². The van der Waals surface area contributed by atoms with Gasteiger partial charge in [-0.15, -0.1) is 0 Å². The van der Waals surface area contributed by atoms with Crippen LogP contribution in [0.1, 0.15) is 17.7 Å². The van der Waals surface area contributed by atoms with E-state index < -0.39 is 5.97 Å². The second-order valence-electron chi connectivity index (χ2n) is 4.64. The number of benzene rings is 1. The number of rotatable bonds is 6. The fraction of sp³-hybridized carbons (Fsp3) is 0.188. The minimum absolute atomic E-state index is 0.0747. The first-order valence-corrected chi connectivity index (χ1v) is 6.64. The molecule has 0 atom stereocenters. The Morgan fingerprint density at radius 2 is 2.00 bits per heavy atom. The van der Waals surface area contributed by atoms with Crippen LogP contribution in [0.4, 0.5) is 5.69 Å². The zero-order chi connectivity index (χ0) is 15.1. The Balaban J connectivity index is 1.94. The van der Waals surface area contributed by atoms with Crippen LogP contribution in [0.25, 0.3) is 0 Å². The molecule has 0 fully saturated rings. The van der Waals surface area contributed by atoms with Gasteiger partial charge in [0.1, 0.15) is 0 Å². The summed E-state index contributed by atoms with van der Waals surface area (Å²) in [5.41, 5.74) is 2.25. The number of carboxylic acids is 1. The maximum absolute atomic E-state index is 11.9. The lowest BCUT2D eigenvalue weighted by Gasteiger charge is -2.07. The minimum atomic E-state index is -0.834. The van der Waals surface area contributed by atoms with Gasteiger partial charge < -0.3 is 10.4 Å². The second kappa shape index (κ2) is 7.19. The molecule has 5 heteroatoms. The molecule has 0 saturated carbocycles. The Bertz CT molecular complexity index is 626. The van der Waals surface area contributed by atoms with Crippen LogP contribution in [0.2, 0.25) is 0 Å². The summed E-state index contributed by atoms with van der Waals surface area (Å²) in [6, 6.07) is 12.6. The zero-order valence-corrected chi connectivity index (χ0v) is 11.5. The molecule has 0 spiro atoms. The van der Waals surface area contributed by atoms with E-state index in [1.54, 1.807) is 36.5 Å². The van der Waals surface area contributed by atoms with E-state index in [-0.39, 0.29) is 18.7 Å². The highest BCUT2D eigenvalue weighted by Crippen LogP contribution is 2.12. The predicted molar refractivity (Wildman–Crippen MR) is 79.0 cm³/mol. The molecule has 0 aliphatic heterocycles. The quantitative estimate of drug-likeness (QED) is 0.853. The number of aryl methyl sites for hydroxylation is 1. The number of amides is 1.